The highest BCUT2D eigenvalue weighted by Gasteiger charge is 2.03. The normalized spacial score (nSPS) is 9.00. The Morgan fingerprint density at radius 1 is 1.20 bits per heavy atom. The summed E-state index contributed by atoms with van der Waals surface area (Å²) in [5.74, 6) is -0.578. The number of ether oxygens (including phenoxy) is 1. The zero-order valence-corrected chi connectivity index (χ0v) is 10.3. The molecule has 0 fully saturated rings. The van der Waals surface area contributed by atoms with Crippen LogP contribution >= 0.6 is 0 Å². The second-order valence-corrected chi connectivity index (χ2v) is 3.55. The molecule has 0 saturated heterocycles. The van der Waals surface area contributed by atoms with Crippen LogP contribution in [-0.2, 0) is 6.61 Å². The van der Waals surface area contributed by atoms with E-state index < -0.39 is 5.97 Å². The van der Waals surface area contributed by atoms with Crippen LogP contribution in [0.4, 0.5) is 0 Å². The number of hydrogen-bond donors (Lipinski definition) is 2. The number of benzene rings is 1. The van der Waals surface area contributed by atoms with Crippen LogP contribution in [0.2, 0.25) is 0 Å². The van der Waals surface area contributed by atoms with E-state index >= 15 is 0 Å². The molecule has 1 aromatic carbocycles. The van der Waals surface area contributed by atoms with Crippen molar-refractivity contribution in [3.05, 3.63) is 64.7 Å². The lowest BCUT2D eigenvalue weighted by Gasteiger charge is -2.04. The monoisotopic (exact) mass is 276 g/mol. The van der Waals surface area contributed by atoms with Crippen LogP contribution in [0, 0.1) is 4.91 Å². The molecule has 7 heteroatoms. The molecule has 0 amide bonds. The van der Waals surface area contributed by atoms with Gasteiger partial charge >= 0.3 is 5.97 Å². The molecule has 0 spiro atoms. The van der Waals surface area contributed by atoms with Gasteiger partial charge in [-0.15, -0.1) is 4.91 Å². The number of pyridine rings is 1. The minimum absolute atomic E-state index is 0.150. The number of carbonyl (C=O) groups is 1. The Hall–Kier alpha value is -2.96. The van der Waals surface area contributed by atoms with Gasteiger partial charge < -0.3 is 15.1 Å². The molecule has 0 aliphatic carbocycles. The van der Waals surface area contributed by atoms with E-state index in [4.69, 9.17) is 20.0 Å². The van der Waals surface area contributed by atoms with Gasteiger partial charge in [-0.05, 0) is 11.6 Å². The van der Waals surface area contributed by atoms with Crippen LogP contribution in [0.25, 0.3) is 0 Å². The van der Waals surface area contributed by atoms with Crippen LogP contribution in [0.1, 0.15) is 15.9 Å². The van der Waals surface area contributed by atoms with E-state index in [-0.39, 0.29) is 5.56 Å². The number of aromatic carboxylic acids is 1. The largest absolute Gasteiger partial charge is 0.478 e. The molecule has 104 valence electrons. The van der Waals surface area contributed by atoms with Gasteiger partial charge in [0.1, 0.15) is 6.61 Å². The minimum atomic E-state index is -0.993. The standard InChI is InChI=1S/C13H11NO3.HNO2/c15-13(16)11-6-7-12(14-8-11)17-9-10-4-2-1-3-5-10;2-1-3/h1-8H,9H2,(H,15,16);(H,2,3). The first kappa shape index (κ1) is 15.1. The molecule has 0 aliphatic heterocycles. The van der Waals surface area contributed by atoms with Gasteiger partial charge in [0.15, 0.2) is 5.34 Å². The Kier molecular flexibility index (Phi) is 6.19. The third-order valence-corrected chi connectivity index (χ3v) is 2.21. The maximum absolute atomic E-state index is 10.6. The van der Waals surface area contributed by atoms with E-state index in [1.807, 2.05) is 30.3 Å². The smallest absolute Gasteiger partial charge is 0.337 e. The number of hydrogen-bond acceptors (Lipinski definition) is 5. The summed E-state index contributed by atoms with van der Waals surface area (Å²) in [4.78, 5) is 22.6. The molecule has 0 atom stereocenters. The van der Waals surface area contributed by atoms with Crippen molar-refractivity contribution in [2.24, 2.45) is 5.34 Å². The summed E-state index contributed by atoms with van der Waals surface area (Å²) >= 11 is 0. The summed E-state index contributed by atoms with van der Waals surface area (Å²) < 4.78 is 5.42. The quantitative estimate of drug-likeness (QED) is 0.655. The Morgan fingerprint density at radius 3 is 2.35 bits per heavy atom. The van der Waals surface area contributed by atoms with Gasteiger partial charge in [0.05, 0.1) is 5.56 Å². The second kappa shape index (κ2) is 8.20. The maximum Gasteiger partial charge on any atom is 0.337 e. The van der Waals surface area contributed by atoms with Crippen molar-refractivity contribution in [2.75, 3.05) is 0 Å². The molecule has 20 heavy (non-hydrogen) atoms. The average molecular weight is 276 g/mol. The molecule has 0 aliphatic rings. The zero-order valence-electron chi connectivity index (χ0n) is 10.3. The first-order chi connectivity index (χ1) is 9.67. The van der Waals surface area contributed by atoms with Crippen LogP contribution in [0.5, 0.6) is 5.88 Å². The third kappa shape index (κ3) is 5.13. The van der Waals surface area contributed by atoms with Gasteiger partial charge in [0.2, 0.25) is 5.88 Å². The number of carboxylic acids is 1. The summed E-state index contributed by atoms with van der Waals surface area (Å²) in [7, 11) is 0. The van der Waals surface area contributed by atoms with Gasteiger partial charge in [0, 0.05) is 12.3 Å². The number of rotatable bonds is 4. The number of carboxylic acid groups (broad SMARTS) is 1. The molecular weight excluding hydrogens is 264 g/mol. The van der Waals surface area contributed by atoms with Crippen molar-refractivity contribution in [1.82, 2.24) is 4.98 Å². The third-order valence-electron chi connectivity index (χ3n) is 2.21. The van der Waals surface area contributed by atoms with Crippen molar-refractivity contribution in [1.29, 1.82) is 0 Å². The fraction of sp³-hybridized carbons (Fsp3) is 0.0769. The van der Waals surface area contributed by atoms with E-state index in [0.717, 1.165) is 5.56 Å². The first-order valence-corrected chi connectivity index (χ1v) is 5.50. The molecule has 0 radical (unpaired) electrons. The molecule has 1 heterocycles. The molecule has 2 rings (SSSR count). The highest BCUT2D eigenvalue weighted by molar-refractivity contribution is 5.87. The Morgan fingerprint density at radius 2 is 1.85 bits per heavy atom. The van der Waals surface area contributed by atoms with E-state index in [1.54, 1.807) is 6.07 Å². The average Bonchev–Trinajstić information content (AvgIpc) is 2.47. The fourth-order valence-electron chi connectivity index (χ4n) is 1.32. The second-order valence-electron chi connectivity index (χ2n) is 3.55. The number of nitrogens with zero attached hydrogens (tertiary/aromatic N) is 2. The molecule has 2 N–H and O–H groups in total. The van der Waals surface area contributed by atoms with Crippen molar-refractivity contribution in [3.8, 4) is 5.88 Å². The minimum Gasteiger partial charge on any atom is -0.478 e. The molecular formula is C13H12N2O5. The topological polar surface area (TPSA) is 109 Å². The Bertz CT molecular complexity index is 542. The van der Waals surface area contributed by atoms with Crippen LogP contribution in [0.3, 0.4) is 0 Å². The summed E-state index contributed by atoms with van der Waals surface area (Å²) in [6, 6.07) is 12.7. The van der Waals surface area contributed by atoms with Gasteiger partial charge in [-0.25, -0.2) is 9.78 Å². The summed E-state index contributed by atoms with van der Waals surface area (Å²) in [5, 5.41) is 16.6. The molecule has 7 nitrogen and oxygen atoms in total. The van der Waals surface area contributed by atoms with Gasteiger partial charge in [-0.3, -0.25) is 0 Å². The predicted octanol–water partition coefficient (Wildman–Crippen LogP) is 2.50. The molecule has 0 bridgehead atoms. The van der Waals surface area contributed by atoms with Gasteiger partial charge in [0.25, 0.3) is 0 Å². The van der Waals surface area contributed by atoms with Crippen molar-refractivity contribution < 1.29 is 19.8 Å². The summed E-state index contributed by atoms with van der Waals surface area (Å²) in [5.41, 5.74) is 1.19. The highest BCUT2D eigenvalue weighted by atomic mass is 16.6. The Labute approximate surface area is 114 Å². The first-order valence-electron chi connectivity index (χ1n) is 5.50. The summed E-state index contributed by atoms with van der Waals surface area (Å²) in [6.07, 6.45) is 1.28. The van der Waals surface area contributed by atoms with Gasteiger partial charge in [-0.2, -0.15) is 0 Å². The molecule has 0 unspecified atom stereocenters. The SMILES string of the molecule is O=C(O)c1ccc(OCc2ccccc2)nc1.O=NO. The van der Waals surface area contributed by atoms with E-state index in [2.05, 4.69) is 4.98 Å². The Balaban J connectivity index is 0.000000612. The van der Waals surface area contributed by atoms with Crippen molar-refractivity contribution in [3.63, 3.8) is 0 Å². The fourth-order valence-corrected chi connectivity index (χ4v) is 1.32. The van der Waals surface area contributed by atoms with E-state index in [1.165, 1.54) is 17.6 Å². The molecule has 0 saturated carbocycles. The van der Waals surface area contributed by atoms with Crippen molar-refractivity contribution in [2.45, 2.75) is 6.61 Å². The number of aromatic nitrogens is 1. The van der Waals surface area contributed by atoms with Crippen LogP contribution in [-0.4, -0.2) is 21.3 Å². The lowest BCUT2D eigenvalue weighted by molar-refractivity contribution is 0.0696. The predicted molar refractivity (Wildman–Crippen MR) is 69.6 cm³/mol. The highest BCUT2D eigenvalue weighted by Crippen LogP contribution is 2.10. The lowest BCUT2D eigenvalue weighted by Crippen LogP contribution is -2.00. The van der Waals surface area contributed by atoms with Crippen LogP contribution in [0.15, 0.2) is 54.0 Å². The lowest BCUT2D eigenvalue weighted by atomic mass is 10.2. The van der Waals surface area contributed by atoms with Crippen molar-refractivity contribution >= 4 is 5.97 Å². The summed E-state index contributed by atoms with van der Waals surface area (Å²) in [6.45, 7) is 0.417. The van der Waals surface area contributed by atoms with E-state index in [9.17, 15) is 4.79 Å². The van der Waals surface area contributed by atoms with Gasteiger partial charge in [-0.1, -0.05) is 30.3 Å². The van der Waals surface area contributed by atoms with E-state index in [0.29, 0.717) is 12.5 Å². The maximum atomic E-state index is 10.6. The van der Waals surface area contributed by atoms with Crippen LogP contribution < -0.4 is 4.74 Å². The zero-order chi connectivity index (χ0) is 14.8. The molecule has 1 aromatic heterocycles. The molecule has 2 aromatic rings.